The molecule has 31 heavy (non-hydrogen) atoms. The molecule has 0 N–H and O–H groups in total. The van der Waals surface area contributed by atoms with Crippen molar-refractivity contribution in [3.8, 4) is 11.5 Å². The van der Waals surface area contributed by atoms with Gasteiger partial charge in [0.05, 0.1) is 26.7 Å². The van der Waals surface area contributed by atoms with E-state index in [0.717, 1.165) is 33.5 Å². The van der Waals surface area contributed by atoms with Crippen molar-refractivity contribution in [1.29, 1.82) is 0 Å². The van der Waals surface area contributed by atoms with Crippen molar-refractivity contribution < 1.29 is 19.0 Å². The number of ether oxygens (including phenoxy) is 3. The van der Waals surface area contributed by atoms with Crippen molar-refractivity contribution in [2.45, 2.75) is 13.0 Å². The van der Waals surface area contributed by atoms with Gasteiger partial charge in [-0.05, 0) is 41.5 Å². The first-order valence-electron chi connectivity index (χ1n) is 10.5. The predicted molar refractivity (Wildman–Crippen MR) is 121 cm³/mol. The Balaban J connectivity index is 1.66. The van der Waals surface area contributed by atoms with Gasteiger partial charge in [0.15, 0.2) is 0 Å². The van der Waals surface area contributed by atoms with E-state index in [4.69, 9.17) is 14.2 Å². The number of amides is 1. The number of fused-ring (bicyclic) bond motifs is 1. The van der Waals surface area contributed by atoms with E-state index < -0.39 is 0 Å². The molecule has 0 aliphatic carbocycles. The zero-order valence-electron chi connectivity index (χ0n) is 17.9. The molecular weight excluding hydrogens is 392 g/mol. The highest BCUT2D eigenvalue weighted by Crippen LogP contribution is 2.28. The molecule has 1 amide bonds. The fraction of sp³-hybridized carbons (Fsp3) is 0.320. The van der Waals surface area contributed by atoms with E-state index in [2.05, 4.69) is 29.5 Å². The Kier molecular flexibility index (Phi) is 6.57. The van der Waals surface area contributed by atoms with Crippen molar-refractivity contribution in [2.75, 3.05) is 40.0 Å². The summed E-state index contributed by atoms with van der Waals surface area (Å²) in [5, 5.41) is 1.03. The summed E-state index contributed by atoms with van der Waals surface area (Å²) in [5.74, 6) is 1.73. The van der Waals surface area contributed by atoms with Crippen LogP contribution in [0.25, 0.3) is 10.9 Å². The van der Waals surface area contributed by atoms with Crippen LogP contribution in [0.3, 0.4) is 0 Å². The van der Waals surface area contributed by atoms with Crippen molar-refractivity contribution in [2.24, 2.45) is 0 Å². The van der Waals surface area contributed by atoms with E-state index in [1.165, 1.54) is 0 Å². The lowest BCUT2D eigenvalue weighted by Gasteiger charge is -2.26. The number of carbonyl (C=O) groups is 1. The summed E-state index contributed by atoms with van der Waals surface area (Å²) < 4.78 is 18.7. The molecule has 0 radical (unpaired) electrons. The number of rotatable bonds is 8. The summed E-state index contributed by atoms with van der Waals surface area (Å²) >= 11 is 0. The first-order chi connectivity index (χ1) is 15.2. The molecule has 2 heterocycles. The minimum Gasteiger partial charge on any atom is -0.497 e. The number of carbonyl (C=O) groups excluding carboxylic acids is 1. The molecule has 0 bridgehead atoms. The second-order valence-electron chi connectivity index (χ2n) is 7.58. The molecule has 0 saturated carbocycles. The quantitative estimate of drug-likeness (QED) is 0.522. The lowest BCUT2D eigenvalue weighted by molar-refractivity contribution is -0.134. The number of nitrogens with zero attached hydrogens (tertiary/aromatic N) is 2. The second-order valence-corrected chi connectivity index (χ2v) is 7.58. The Bertz CT molecular complexity index is 1070. The van der Waals surface area contributed by atoms with Crippen LogP contribution in [0.1, 0.15) is 11.1 Å². The molecule has 1 saturated heterocycles. The zero-order chi connectivity index (χ0) is 21.6. The van der Waals surface area contributed by atoms with Crippen LogP contribution in [0, 0.1) is 0 Å². The van der Waals surface area contributed by atoms with E-state index in [-0.39, 0.29) is 5.91 Å². The topological polar surface area (TPSA) is 52.9 Å². The highest BCUT2D eigenvalue weighted by atomic mass is 16.5. The molecule has 4 rings (SSSR count). The lowest BCUT2D eigenvalue weighted by Crippen LogP contribution is -2.41. The minimum absolute atomic E-state index is 0.126. The lowest BCUT2D eigenvalue weighted by atomic mass is 10.1. The summed E-state index contributed by atoms with van der Waals surface area (Å²) in [6.07, 6.45) is 4.16. The van der Waals surface area contributed by atoms with E-state index >= 15 is 0 Å². The highest BCUT2D eigenvalue weighted by molar-refractivity contribution is 5.90. The van der Waals surface area contributed by atoms with Gasteiger partial charge >= 0.3 is 0 Å². The number of morpholine rings is 1. The number of aromatic nitrogens is 1. The maximum atomic E-state index is 12.9. The third-order valence-corrected chi connectivity index (χ3v) is 5.50. The number of hydrogen-bond donors (Lipinski definition) is 0. The van der Waals surface area contributed by atoms with Gasteiger partial charge in [-0.2, -0.15) is 0 Å². The van der Waals surface area contributed by atoms with Crippen LogP contribution in [0.15, 0.2) is 61.3 Å². The maximum Gasteiger partial charge on any atom is 0.227 e. The van der Waals surface area contributed by atoms with E-state index in [1.807, 2.05) is 35.2 Å². The fourth-order valence-corrected chi connectivity index (χ4v) is 3.92. The van der Waals surface area contributed by atoms with Crippen molar-refractivity contribution >= 4 is 16.8 Å². The maximum absolute atomic E-state index is 12.9. The second kappa shape index (κ2) is 9.71. The molecule has 3 aromatic rings. The first-order valence-corrected chi connectivity index (χ1v) is 10.5. The van der Waals surface area contributed by atoms with Gasteiger partial charge in [0.25, 0.3) is 0 Å². The van der Waals surface area contributed by atoms with Crippen molar-refractivity contribution in [3.05, 3.63) is 72.4 Å². The van der Waals surface area contributed by atoms with Gasteiger partial charge in [0, 0.05) is 36.7 Å². The van der Waals surface area contributed by atoms with Gasteiger partial charge in [0.2, 0.25) is 5.91 Å². The fourth-order valence-electron chi connectivity index (χ4n) is 3.92. The van der Waals surface area contributed by atoms with Gasteiger partial charge in [-0.15, -0.1) is 0 Å². The predicted octanol–water partition coefficient (Wildman–Crippen LogP) is 3.66. The summed E-state index contributed by atoms with van der Waals surface area (Å²) in [6, 6.07) is 14.1. The first kappa shape index (κ1) is 21.0. The molecule has 162 valence electrons. The van der Waals surface area contributed by atoms with E-state index in [1.54, 1.807) is 13.2 Å². The van der Waals surface area contributed by atoms with Crippen LogP contribution in [-0.2, 0) is 22.5 Å². The summed E-state index contributed by atoms with van der Waals surface area (Å²) in [5.41, 5.74) is 3.20. The molecule has 0 unspecified atom stereocenters. The Hall–Kier alpha value is -3.25. The smallest absolute Gasteiger partial charge is 0.227 e. The van der Waals surface area contributed by atoms with E-state index in [9.17, 15) is 4.79 Å². The molecule has 1 aliphatic rings. The van der Waals surface area contributed by atoms with Crippen LogP contribution in [0.5, 0.6) is 11.5 Å². The molecular formula is C25H28N2O4. The summed E-state index contributed by atoms with van der Waals surface area (Å²) in [4.78, 5) is 14.8. The Morgan fingerprint density at radius 3 is 2.77 bits per heavy atom. The van der Waals surface area contributed by atoms with Gasteiger partial charge in [0.1, 0.15) is 18.1 Å². The molecule has 1 fully saturated rings. The van der Waals surface area contributed by atoms with E-state index in [0.29, 0.717) is 45.9 Å². The third-order valence-electron chi connectivity index (χ3n) is 5.50. The average Bonchev–Trinajstić information content (AvgIpc) is 3.14. The van der Waals surface area contributed by atoms with Gasteiger partial charge in [-0.1, -0.05) is 24.8 Å². The van der Waals surface area contributed by atoms with Crippen molar-refractivity contribution in [1.82, 2.24) is 9.47 Å². The average molecular weight is 421 g/mol. The number of benzene rings is 2. The number of hydrogen-bond acceptors (Lipinski definition) is 4. The molecule has 0 spiro atoms. The number of methoxy groups -OCH3 is 1. The van der Waals surface area contributed by atoms with Crippen LogP contribution < -0.4 is 9.47 Å². The molecule has 0 atom stereocenters. The molecule has 6 nitrogen and oxygen atoms in total. The largest absolute Gasteiger partial charge is 0.497 e. The normalized spacial score (nSPS) is 13.9. The molecule has 2 aromatic carbocycles. The van der Waals surface area contributed by atoms with Gasteiger partial charge < -0.3 is 23.7 Å². The Morgan fingerprint density at radius 2 is 2.00 bits per heavy atom. The third kappa shape index (κ3) is 4.91. The SMILES string of the molecule is C=CCOc1ccc2c(c1)c(CC(=O)N1CCOCC1)cn2Cc1cccc(OC)c1. The van der Waals surface area contributed by atoms with Crippen LogP contribution in [-0.4, -0.2) is 55.4 Å². The summed E-state index contributed by atoms with van der Waals surface area (Å²) in [7, 11) is 1.67. The van der Waals surface area contributed by atoms with Gasteiger partial charge in [-0.25, -0.2) is 0 Å². The minimum atomic E-state index is 0.126. The Labute approximate surface area is 182 Å². The molecule has 6 heteroatoms. The van der Waals surface area contributed by atoms with Crippen LogP contribution in [0.4, 0.5) is 0 Å². The zero-order valence-corrected chi connectivity index (χ0v) is 17.9. The highest BCUT2D eigenvalue weighted by Gasteiger charge is 2.20. The van der Waals surface area contributed by atoms with Crippen LogP contribution in [0.2, 0.25) is 0 Å². The van der Waals surface area contributed by atoms with Crippen molar-refractivity contribution in [3.63, 3.8) is 0 Å². The monoisotopic (exact) mass is 420 g/mol. The standard InChI is InChI=1S/C25H28N2O4/c1-3-11-31-22-7-8-24-23(16-22)20(15-25(28)26-9-12-30-13-10-26)18-27(24)17-19-5-4-6-21(14-19)29-2/h3-8,14,16,18H,1,9-13,15,17H2,2H3. The Morgan fingerprint density at radius 1 is 1.16 bits per heavy atom. The van der Waals surface area contributed by atoms with Crippen LogP contribution >= 0.6 is 0 Å². The molecule has 1 aliphatic heterocycles. The molecule has 1 aromatic heterocycles. The summed E-state index contributed by atoms with van der Waals surface area (Å²) in [6.45, 7) is 7.34. The van der Waals surface area contributed by atoms with Gasteiger partial charge in [-0.3, -0.25) is 4.79 Å².